The summed E-state index contributed by atoms with van der Waals surface area (Å²) in [5, 5.41) is 42.0. The number of hydrogen-bond acceptors (Lipinski definition) is 7. The molecule has 1 saturated heterocycles. The summed E-state index contributed by atoms with van der Waals surface area (Å²) in [6.07, 6.45) is 7.06. The van der Waals surface area contributed by atoms with Gasteiger partial charge >= 0.3 is 5.97 Å². The van der Waals surface area contributed by atoms with E-state index in [1.807, 2.05) is 18.2 Å². The van der Waals surface area contributed by atoms with Crippen LogP contribution in [0.3, 0.4) is 0 Å². The lowest BCUT2D eigenvalue weighted by atomic mass is 9.79. The van der Waals surface area contributed by atoms with Gasteiger partial charge in [-0.15, -0.1) is 0 Å². The van der Waals surface area contributed by atoms with E-state index in [4.69, 9.17) is 9.47 Å². The summed E-state index contributed by atoms with van der Waals surface area (Å²) in [5.74, 6) is -1.90. The molecule has 204 valence electrons. The highest BCUT2D eigenvalue weighted by atomic mass is 16.8. The van der Waals surface area contributed by atoms with Crippen molar-refractivity contribution < 1.29 is 34.7 Å². The average Bonchev–Trinajstić information content (AvgIpc) is 3.34. The highest BCUT2D eigenvalue weighted by molar-refractivity contribution is 5.74. The van der Waals surface area contributed by atoms with Crippen LogP contribution in [0.25, 0.3) is 0 Å². The van der Waals surface area contributed by atoms with E-state index >= 15 is 0 Å². The molecule has 1 aliphatic heterocycles. The van der Waals surface area contributed by atoms with E-state index in [-0.39, 0.29) is 25.6 Å². The second-order valence-corrected chi connectivity index (χ2v) is 10.6. The Balaban J connectivity index is 1.61. The van der Waals surface area contributed by atoms with Crippen molar-refractivity contribution in [2.45, 2.75) is 108 Å². The number of hydrogen-bond donors (Lipinski definition) is 4. The van der Waals surface area contributed by atoms with Crippen molar-refractivity contribution in [2.75, 3.05) is 13.3 Å². The van der Waals surface area contributed by atoms with Gasteiger partial charge in [-0.3, -0.25) is 9.69 Å². The van der Waals surface area contributed by atoms with Crippen LogP contribution in [-0.4, -0.2) is 69.0 Å². The Morgan fingerprint density at radius 1 is 1.11 bits per heavy atom. The summed E-state index contributed by atoms with van der Waals surface area (Å²) in [6, 6.07) is 9.33. The third-order valence-corrected chi connectivity index (χ3v) is 7.92. The molecule has 0 aromatic heterocycles. The number of aliphatic hydroxyl groups is 3. The van der Waals surface area contributed by atoms with Crippen molar-refractivity contribution in [3.63, 3.8) is 0 Å². The van der Waals surface area contributed by atoms with Gasteiger partial charge in [-0.2, -0.15) is 0 Å². The van der Waals surface area contributed by atoms with Gasteiger partial charge in [0.1, 0.15) is 12.3 Å². The van der Waals surface area contributed by atoms with E-state index in [0.717, 1.165) is 25.7 Å². The molecule has 0 radical (unpaired) electrons. The molecule has 3 rings (SSSR count). The number of aliphatic hydroxyl groups excluding tert-OH is 2. The van der Waals surface area contributed by atoms with Crippen LogP contribution in [0.1, 0.15) is 83.1 Å². The number of nitrogens with zero attached hydrogens (tertiary/aromatic N) is 1. The second-order valence-electron chi connectivity index (χ2n) is 10.6. The van der Waals surface area contributed by atoms with Crippen LogP contribution in [0, 0.1) is 11.8 Å². The number of unbranched alkanes of at least 4 members (excludes halogenated alkanes) is 1. The maximum absolute atomic E-state index is 12.0. The largest absolute Gasteiger partial charge is 0.480 e. The van der Waals surface area contributed by atoms with Gasteiger partial charge in [0.15, 0.2) is 18.9 Å². The van der Waals surface area contributed by atoms with E-state index in [0.29, 0.717) is 31.7 Å². The molecule has 1 aromatic rings. The molecular formula is C28H45NO7. The summed E-state index contributed by atoms with van der Waals surface area (Å²) in [7, 11) is 0. The van der Waals surface area contributed by atoms with Gasteiger partial charge in [-0.25, -0.2) is 0 Å². The fourth-order valence-electron chi connectivity index (χ4n) is 5.76. The van der Waals surface area contributed by atoms with Crippen LogP contribution >= 0.6 is 0 Å². The number of likely N-dealkylation sites (tertiary alicyclic amines) is 1. The highest BCUT2D eigenvalue weighted by Gasteiger charge is 2.45. The van der Waals surface area contributed by atoms with Crippen molar-refractivity contribution >= 4 is 5.97 Å². The van der Waals surface area contributed by atoms with E-state index in [2.05, 4.69) is 12.1 Å². The Morgan fingerprint density at radius 2 is 1.83 bits per heavy atom. The van der Waals surface area contributed by atoms with Crippen molar-refractivity contribution in [2.24, 2.45) is 11.8 Å². The molecular weight excluding hydrogens is 462 g/mol. The SMILES string of the molecule is CC[C@H](O)OCO[C@](O)(CCCCc1ccccc1)C[C@@H](O)N1C[C@H](C2CCCCC2)C[C@H]1C(=O)O. The van der Waals surface area contributed by atoms with E-state index < -0.39 is 30.3 Å². The molecule has 8 heteroatoms. The number of rotatable bonds is 15. The number of ether oxygens (including phenoxy) is 2. The third kappa shape index (κ3) is 8.78. The zero-order valence-corrected chi connectivity index (χ0v) is 21.6. The predicted octanol–water partition coefficient (Wildman–Crippen LogP) is 3.87. The molecule has 36 heavy (non-hydrogen) atoms. The van der Waals surface area contributed by atoms with Gasteiger partial charge in [-0.1, -0.05) is 69.4 Å². The molecule has 0 spiro atoms. The second kappa shape index (κ2) is 14.4. The number of aliphatic carboxylic acids is 1. The van der Waals surface area contributed by atoms with Crippen molar-refractivity contribution in [1.29, 1.82) is 0 Å². The lowest BCUT2D eigenvalue weighted by Crippen LogP contribution is -2.48. The van der Waals surface area contributed by atoms with Crippen LogP contribution in [0.15, 0.2) is 30.3 Å². The first-order valence-electron chi connectivity index (χ1n) is 13.7. The van der Waals surface area contributed by atoms with Crippen molar-refractivity contribution in [3.8, 4) is 0 Å². The lowest BCUT2D eigenvalue weighted by Gasteiger charge is -2.35. The average molecular weight is 508 g/mol. The molecule has 1 aromatic carbocycles. The molecule has 0 unspecified atom stereocenters. The molecule has 2 aliphatic rings. The summed E-state index contributed by atoms with van der Waals surface area (Å²) in [5.41, 5.74) is 1.21. The first kappa shape index (κ1) is 29.0. The molecule has 0 amide bonds. The molecule has 1 saturated carbocycles. The molecule has 1 heterocycles. The Hall–Kier alpha value is -1.55. The normalized spacial score (nSPS) is 24.9. The fourth-order valence-corrected chi connectivity index (χ4v) is 5.76. The smallest absolute Gasteiger partial charge is 0.321 e. The van der Waals surface area contributed by atoms with E-state index in [1.165, 1.54) is 24.8 Å². The third-order valence-electron chi connectivity index (χ3n) is 7.92. The number of carboxylic acid groups (broad SMARTS) is 1. The quantitative estimate of drug-likeness (QED) is 0.209. The van der Waals surface area contributed by atoms with Gasteiger partial charge in [0.05, 0.1) is 0 Å². The van der Waals surface area contributed by atoms with E-state index in [9.17, 15) is 25.2 Å². The van der Waals surface area contributed by atoms with Crippen LogP contribution in [0.5, 0.6) is 0 Å². The highest BCUT2D eigenvalue weighted by Crippen LogP contribution is 2.39. The number of carbonyl (C=O) groups is 1. The first-order valence-corrected chi connectivity index (χ1v) is 13.7. The topological polar surface area (TPSA) is 120 Å². The molecule has 1 aliphatic carbocycles. The Morgan fingerprint density at radius 3 is 2.50 bits per heavy atom. The van der Waals surface area contributed by atoms with Crippen LogP contribution in [-0.2, 0) is 20.7 Å². The minimum atomic E-state index is -1.70. The molecule has 8 nitrogen and oxygen atoms in total. The molecule has 0 bridgehead atoms. The van der Waals surface area contributed by atoms with E-state index in [1.54, 1.807) is 11.8 Å². The van der Waals surface area contributed by atoms with Gasteiger partial charge in [0.25, 0.3) is 0 Å². The Kier molecular flexibility index (Phi) is 11.6. The van der Waals surface area contributed by atoms with Crippen molar-refractivity contribution in [1.82, 2.24) is 4.90 Å². The summed E-state index contributed by atoms with van der Waals surface area (Å²) in [4.78, 5) is 13.7. The van der Waals surface area contributed by atoms with Gasteiger partial charge in [-0.05, 0) is 49.5 Å². The molecule has 4 N–H and O–H groups in total. The first-order chi connectivity index (χ1) is 17.3. The minimum Gasteiger partial charge on any atom is -0.480 e. The van der Waals surface area contributed by atoms with Crippen molar-refractivity contribution in [3.05, 3.63) is 35.9 Å². The van der Waals surface area contributed by atoms with Gasteiger partial charge in [0.2, 0.25) is 0 Å². The summed E-state index contributed by atoms with van der Waals surface area (Å²) < 4.78 is 10.9. The van der Waals surface area contributed by atoms with Crippen LogP contribution in [0.4, 0.5) is 0 Å². The molecule has 2 fully saturated rings. The zero-order chi connectivity index (χ0) is 26.0. The summed E-state index contributed by atoms with van der Waals surface area (Å²) >= 11 is 0. The van der Waals surface area contributed by atoms with Gasteiger partial charge < -0.3 is 29.9 Å². The minimum absolute atomic E-state index is 0.148. The van der Waals surface area contributed by atoms with Gasteiger partial charge in [0, 0.05) is 19.4 Å². The Labute approximate surface area is 215 Å². The number of aryl methyl sites for hydroxylation is 1. The number of carboxylic acids is 1. The maximum Gasteiger partial charge on any atom is 0.321 e. The predicted molar refractivity (Wildman–Crippen MR) is 136 cm³/mol. The Bertz CT molecular complexity index is 772. The van der Waals surface area contributed by atoms with Crippen LogP contribution in [0.2, 0.25) is 0 Å². The van der Waals surface area contributed by atoms with Crippen LogP contribution < -0.4 is 0 Å². The lowest BCUT2D eigenvalue weighted by molar-refractivity contribution is -0.290. The maximum atomic E-state index is 12.0. The number of benzene rings is 1. The zero-order valence-electron chi connectivity index (χ0n) is 21.6. The fraction of sp³-hybridized carbons (Fsp3) is 0.750. The standard InChI is InChI=1S/C28H45NO7/c1-2-26(31)35-20-36-28(34,16-10-9-13-21-11-5-3-6-12-21)18-25(30)29-19-23(17-24(29)27(32)33)22-14-7-4-8-15-22/h3,5-6,11-12,22-26,30-31,34H,2,4,7-10,13-20H2,1H3,(H,32,33)/t23-,24+,25-,26-,28-/m1/s1. The summed E-state index contributed by atoms with van der Waals surface area (Å²) in [6.45, 7) is 1.97. The monoisotopic (exact) mass is 507 g/mol. The molecule has 5 atom stereocenters.